The van der Waals surface area contributed by atoms with Gasteiger partial charge in [0.1, 0.15) is 11.4 Å². The van der Waals surface area contributed by atoms with E-state index < -0.39 is 18.1 Å². The van der Waals surface area contributed by atoms with Gasteiger partial charge >= 0.3 is 5.97 Å². The molecular weight excluding hydrogens is 320 g/mol. The Hall–Kier alpha value is -3.16. The van der Waals surface area contributed by atoms with Crippen LogP contribution in [0.25, 0.3) is 11.1 Å². The predicted molar refractivity (Wildman–Crippen MR) is 83.0 cm³/mol. The second-order valence-corrected chi connectivity index (χ2v) is 4.65. The van der Waals surface area contributed by atoms with E-state index >= 15 is 0 Å². The first-order valence-corrected chi connectivity index (χ1v) is 6.66. The summed E-state index contributed by atoms with van der Waals surface area (Å²) in [4.78, 5) is 18.9. The van der Waals surface area contributed by atoms with Crippen molar-refractivity contribution >= 4 is 11.7 Å². The van der Waals surface area contributed by atoms with E-state index in [4.69, 9.17) is 10.1 Å². The van der Waals surface area contributed by atoms with Crippen LogP contribution in [-0.4, -0.2) is 33.9 Å². The van der Waals surface area contributed by atoms with Crippen molar-refractivity contribution < 1.29 is 23.4 Å². The molecule has 0 fully saturated rings. The molecular formula is C16H13F2N3O3. The van der Waals surface area contributed by atoms with Gasteiger partial charge in [-0.2, -0.15) is 0 Å². The molecule has 0 aromatic carbocycles. The van der Waals surface area contributed by atoms with Crippen LogP contribution in [0.2, 0.25) is 0 Å². The van der Waals surface area contributed by atoms with Gasteiger partial charge in [0.15, 0.2) is 0 Å². The van der Waals surface area contributed by atoms with Crippen molar-refractivity contribution in [2.45, 2.75) is 6.43 Å². The number of carbonyl (C=O) groups is 1. The highest BCUT2D eigenvalue weighted by Crippen LogP contribution is 2.34. The highest BCUT2D eigenvalue weighted by atomic mass is 19.3. The normalized spacial score (nSPS) is 10.5. The zero-order valence-electron chi connectivity index (χ0n) is 12.6. The smallest absolute Gasteiger partial charge is 0.337 e. The van der Waals surface area contributed by atoms with E-state index in [1.807, 2.05) is 0 Å². The lowest BCUT2D eigenvalue weighted by Crippen LogP contribution is -2.06. The number of nitrogens with zero attached hydrogens (tertiary/aromatic N) is 2. The maximum Gasteiger partial charge on any atom is 0.337 e. The Morgan fingerprint density at radius 2 is 2.04 bits per heavy atom. The number of halogens is 2. The lowest BCUT2D eigenvalue weighted by molar-refractivity contribution is 0.0697. The molecule has 2 N–H and O–H groups in total. The summed E-state index contributed by atoms with van der Waals surface area (Å²) in [6, 6.07) is 2.38. The number of hydrogen-bond donors (Lipinski definition) is 2. The molecule has 0 unspecified atom stereocenters. The SMILES string of the molecule is C=CC(=N)c1cc(-c2cc(C(F)F)ncc2OC)c(C(=O)O)cn1. The van der Waals surface area contributed by atoms with Crippen molar-refractivity contribution in [3.05, 3.63) is 54.1 Å². The molecule has 0 bridgehead atoms. The number of pyridine rings is 2. The molecule has 0 radical (unpaired) electrons. The van der Waals surface area contributed by atoms with Gasteiger partial charge in [-0.05, 0) is 18.2 Å². The summed E-state index contributed by atoms with van der Waals surface area (Å²) in [5.74, 6) is -1.16. The van der Waals surface area contributed by atoms with Crippen LogP contribution >= 0.6 is 0 Å². The number of allylic oxidation sites excluding steroid dienone is 1. The molecule has 0 aliphatic rings. The van der Waals surface area contributed by atoms with Crippen LogP contribution in [0.4, 0.5) is 8.78 Å². The summed E-state index contributed by atoms with van der Waals surface area (Å²) in [5.41, 5.74) is -0.377. The first kappa shape index (κ1) is 17.2. The average molecular weight is 333 g/mol. The summed E-state index contributed by atoms with van der Waals surface area (Å²) in [6.07, 6.45) is 0.575. The molecule has 24 heavy (non-hydrogen) atoms. The van der Waals surface area contributed by atoms with Crippen LogP contribution in [-0.2, 0) is 0 Å². The molecule has 8 heteroatoms. The highest BCUT2D eigenvalue weighted by molar-refractivity contribution is 6.06. The summed E-state index contributed by atoms with van der Waals surface area (Å²) >= 11 is 0. The van der Waals surface area contributed by atoms with Crippen LogP contribution in [0.3, 0.4) is 0 Å². The molecule has 2 rings (SSSR count). The van der Waals surface area contributed by atoms with Crippen LogP contribution in [0.5, 0.6) is 5.75 Å². The van der Waals surface area contributed by atoms with E-state index in [1.54, 1.807) is 0 Å². The number of hydrogen-bond acceptors (Lipinski definition) is 5. The Balaban J connectivity index is 2.77. The van der Waals surface area contributed by atoms with Gasteiger partial charge in [-0.15, -0.1) is 0 Å². The summed E-state index contributed by atoms with van der Waals surface area (Å²) < 4.78 is 31.0. The van der Waals surface area contributed by atoms with Crippen molar-refractivity contribution in [3.8, 4) is 16.9 Å². The predicted octanol–water partition coefficient (Wildman–Crippen LogP) is 3.34. The Morgan fingerprint density at radius 3 is 2.58 bits per heavy atom. The zero-order valence-corrected chi connectivity index (χ0v) is 12.6. The number of aromatic carboxylic acids is 1. The number of carboxylic acids is 1. The molecule has 0 atom stereocenters. The second-order valence-electron chi connectivity index (χ2n) is 4.65. The Morgan fingerprint density at radius 1 is 1.33 bits per heavy atom. The number of rotatable bonds is 6. The standard InChI is InChI=1S/C16H13F2N3O3/c1-3-11(19)12-4-8(10(6-20-12)16(22)23)9-5-13(15(17)18)21-7-14(9)24-2/h3-7,15,19H,1H2,2H3,(H,22,23). The summed E-state index contributed by atoms with van der Waals surface area (Å²) in [5, 5.41) is 17.1. The fraction of sp³-hybridized carbons (Fsp3) is 0.125. The number of methoxy groups -OCH3 is 1. The van der Waals surface area contributed by atoms with Crippen LogP contribution in [0.1, 0.15) is 28.2 Å². The Bertz CT molecular complexity index is 822. The minimum atomic E-state index is -2.82. The van der Waals surface area contributed by atoms with Crippen molar-refractivity contribution in [2.24, 2.45) is 0 Å². The minimum Gasteiger partial charge on any atom is -0.494 e. The van der Waals surface area contributed by atoms with Crippen molar-refractivity contribution in [1.29, 1.82) is 5.41 Å². The van der Waals surface area contributed by atoms with E-state index in [-0.39, 0.29) is 33.8 Å². The number of ether oxygens (including phenoxy) is 1. The first-order chi connectivity index (χ1) is 11.4. The van der Waals surface area contributed by atoms with E-state index in [2.05, 4.69) is 16.5 Å². The molecule has 0 saturated heterocycles. The van der Waals surface area contributed by atoms with Crippen LogP contribution in [0, 0.1) is 5.41 Å². The van der Waals surface area contributed by atoms with Crippen LogP contribution in [0.15, 0.2) is 37.2 Å². The first-order valence-electron chi connectivity index (χ1n) is 6.66. The van der Waals surface area contributed by atoms with Crippen molar-refractivity contribution in [2.75, 3.05) is 7.11 Å². The highest BCUT2D eigenvalue weighted by Gasteiger charge is 2.20. The van der Waals surface area contributed by atoms with E-state index in [0.717, 1.165) is 18.5 Å². The third-order valence-corrected chi connectivity index (χ3v) is 3.24. The maximum absolute atomic E-state index is 12.9. The van der Waals surface area contributed by atoms with Gasteiger partial charge in [-0.1, -0.05) is 6.58 Å². The van der Waals surface area contributed by atoms with Gasteiger partial charge in [0.25, 0.3) is 6.43 Å². The molecule has 6 nitrogen and oxygen atoms in total. The third-order valence-electron chi connectivity index (χ3n) is 3.24. The van der Waals surface area contributed by atoms with Gasteiger partial charge in [-0.3, -0.25) is 15.4 Å². The van der Waals surface area contributed by atoms with Gasteiger partial charge < -0.3 is 9.84 Å². The fourth-order valence-electron chi connectivity index (χ4n) is 2.05. The number of alkyl halides is 2. The molecule has 0 aliphatic carbocycles. The van der Waals surface area contributed by atoms with Gasteiger partial charge in [0, 0.05) is 17.3 Å². The number of carboxylic acid groups (broad SMARTS) is 1. The monoisotopic (exact) mass is 333 g/mol. The molecule has 2 aromatic rings. The molecule has 2 aromatic heterocycles. The lowest BCUT2D eigenvalue weighted by Gasteiger charge is -2.13. The maximum atomic E-state index is 12.9. The lowest BCUT2D eigenvalue weighted by atomic mass is 9.99. The molecule has 0 spiro atoms. The third kappa shape index (κ3) is 3.27. The zero-order chi connectivity index (χ0) is 17.9. The second kappa shape index (κ2) is 6.95. The number of aromatic nitrogens is 2. The Labute approximate surface area is 136 Å². The topological polar surface area (TPSA) is 96.2 Å². The van der Waals surface area contributed by atoms with Crippen molar-refractivity contribution in [3.63, 3.8) is 0 Å². The summed E-state index contributed by atoms with van der Waals surface area (Å²) in [7, 11) is 1.32. The van der Waals surface area contributed by atoms with Gasteiger partial charge in [-0.25, -0.2) is 13.6 Å². The molecule has 2 heterocycles. The minimum absolute atomic E-state index is 0.0321. The van der Waals surface area contributed by atoms with E-state index in [9.17, 15) is 18.7 Å². The largest absolute Gasteiger partial charge is 0.494 e. The van der Waals surface area contributed by atoms with Gasteiger partial charge in [0.05, 0.1) is 30.3 Å². The van der Waals surface area contributed by atoms with E-state index in [1.165, 1.54) is 19.3 Å². The van der Waals surface area contributed by atoms with Gasteiger partial charge in [0.2, 0.25) is 0 Å². The van der Waals surface area contributed by atoms with E-state index in [0.29, 0.717) is 0 Å². The average Bonchev–Trinajstić information content (AvgIpc) is 2.59. The Kier molecular flexibility index (Phi) is 4.98. The quantitative estimate of drug-likeness (QED) is 0.790. The summed E-state index contributed by atoms with van der Waals surface area (Å²) in [6.45, 7) is 3.45. The number of nitrogens with one attached hydrogen (secondary N) is 1. The molecule has 0 aliphatic heterocycles. The molecule has 0 saturated carbocycles. The van der Waals surface area contributed by atoms with Crippen LogP contribution < -0.4 is 4.74 Å². The fourth-order valence-corrected chi connectivity index (χ4v) is 2.05. The molecule has 124 valence electrons. The van der Waals surface area contributed by atoms with Crippen molar-refractivity contribution in [1.82, 2.24) is 9.97 Å². The molecule has 0 amide bonds.